The van der Waals surface area contributed by atoms with Gasteiger partial charge in [-0.3, -0.25) is 4.98 Å². The van der Waals surface area contributed by atoms with E-state index in [4.69, 9.17) is 15.0 Å². The molecule has 0 aliphatic heterocycles. The number of nitrogens with two attached hydrogens (primary N) is 1. The van der Waals surface area contributed by atoms with E-state index in [1.165, 1.54) is 0 Å². The lowest BCUT2D eigenvalue weighted by Crippen LogP contribution is -1.98. The van der Waals surface area contributed by atoms with Gasteiger partial charge in [0.15, 0.2) is 6.61 Å². The molecule has 0 atom stereocenters. The first kappa shape index (κ1) is 13.3. The molecule has 0 spiro atoms. The molecule has 6 heteroatoms. The van der Waals surface area contributed by atoms with Crippen molar-refractivity contribution in [3.63, 3.8) is 0 Å². The van der Waals surface area contributed by atoms with Crippen molar-refractivity contribution in [1.29, 1.82) is 0 Å². The van der Waals surface area contributed by atoms with E-state index in [9.17, 15) is 0 Å². The molecule has 6 nitrogen and oxygen atoms in total. The van der Waals surface area contributed by atoms with E-state index < -0.39 is 0 Å². The summed E-state index contributed by atoms with van der Waals surface area (Å²) < 4.78 is 10.7. The van der Waals surface area contributed by atoms with Crippen molar-refractivity contribution in [2.45, 2.75) is 13.2 Å². The van der Waals surface area contributed by atoms with Crippen LogP contribution in [0.3, 0.4) is 0 Å². The SMILES string of the molecule is NCc1ccc(-c2nc(COc3ccccc3)no2)nc1. The highest BCUT2D eigenvalue weighted by molar-refractivity contribution is 5.46. The minimum atomic E-state index is 0.244. The van der Waals surface area contributed by atoms with Crippen LogP contribution in [0, 0.1) is 0 Å². The Morgan fingerprint density at radius 2 is 1.95 bits per heavy atom. The first-order chi connectivity index (χ1) is 10.3. The van der Waals surface area contributed by atoms with Gasteiger partial charge in [0.1, 0.15) is 11.4 Å². The minimum absolute atomic E-state index is 0.244. The molecule has 0 unspecified atom stereocenters. The second-order valence-corrected chi connectivity index (χ2v) is 4.37. The zero-order valence-corrected chi connectivity index (χ0v) is 11.3. The maximum atomic E-state index is 5.56. The highest BCUT2D eigenvalue weighted by Crippen LogP contribution is 2.16. The lowest BCUT2D eigenvalue weighted by molar-refractivity contribution is 0.287. The zero-order chi connectivity index (χ0) is 14.5. The van der Waals surface area contributed by atoms with Crippen LogP contribution in [0.15, 0.2) is 53.2 Å². The van der Waals surface area contributed by atoms with Gasteiger partial charge in [-0.15, -0.1) is 0 Å². The van der Waals surface area contributed by atoms with Crippen LogP contribution in [0.25, 0.3) is 11.6 Å². The molecule has 0 fully saturated rings. The average Bonchev–Trinajstić information content (AvgIpc) is 3.03. The molecule has 106 valence electrons. The summed E-state index contributed by atoms with van der Waals surface area (Å²) in [5.41, 5.74) is 7.10. The molecule has 3 rings (SSSR count). The lowest BCUT2D eigenvalue weighted by atomic mass is 10.2. The van der Waals surface area contributed by atoms with Gasteiger partial charge in [-0.25, -0.2) is 0 Å². The summed E-state index contributed by atoms with van der Waals surface area (Å²) in [6.07, 6.45) is 1.69. The van der Waals surface area contributed by atoms with Gasteiger partial charge in [-0.05, 0) is 23.8 Å². The number of benzene rings is 1. The molecule has 2 aromatic heterocycles. The minimum Gasteiger partial charge on any atom is -0.485 e. The number of nitrogens with zero attached hydrogens (tertiary/aromatic N) is 3. The molecular weight excluding hydrogens is 268 g/mol. The maximum Gasteiger partial charge on any atom is 0.276 e. The second-order valence-electron chi connectivity index (χ2n) is 4.37. The van der Waals surface area contributed by atoms with Crippen molar-refractivity contribution in [3.05, 3.63) is 60.0 Å². The summed E-state index contributed by atoms with van der Waals surface area (Å²) in [4.78, 5) is 8.49. The summed E-state index contributed by atoms with van der Waals surface area (Å²) in [6.45, 7) is 0.696. The van der Waals surface area contributed by atoms with Crippen molar-refractivity contribution >= 4 is 0 Å². The summed E-state index contributed by atoms with van der Waals surface area (Å²) in [7, 11) is 0. The molecule has 0 aliphatic rings. The number of ether oxygens (including phenoxy) is 1. The van der Waals surface area contributed by atoms with Crippen LogP contribution in [0.4, 0.5) is 0 Å². The number of hydrogen-bond acceptors (Lipinski definition) is 6. The van der Waals surface area contributed by atoms with Crippen molar-refractivity contribution < 1.29 is 9.26 Å². The van der Waals surface area contributed by atoms with Gasteiger partial charge in [0, 0.05) is 12.7 Å². The molecule has 2 heterocycles. The topological polar surface area (TPSA) is 87.1 Å². The summed E-state index contributed by atoms with van der Waals surface area (Å²) in [6, 6.07) is 13.2. The smallest absolute Gasteiger partial charge is 0.276 e. The Morgan fingerprint density at radius 1 is 1.10 bits per heavy atom. The fraction of sp³-hybridized carbons (Fsp3) is 0.133. The van der Waals surface area contributed by atoms with E-state index in [0.29, 0.717) is 24.0 Å². The Morgan fingerprint density at radius 3 is 2.67 bits per heavy atom. The fourth-order valence-electron chi connectivity index (χ4n) is 1.75. The number of para-hydroxylation sites is 1. The molecule has 2 N–H and O–H groups in total. The molecule has 0 radical (unpaired) electrons. The quantitative estimate of drug-likeness (QED) is 0.771. The van der Waals surface area contributed by atoms with Crippen LogP contribution < -0.4 is 10.5 Å². The molecule has 0 bridgehead atoms. The number of pyridine rings is 1. The highest BCUT2D eigenvalue weighted by atomic mass is 16.5. The average molecular weight is 282 g/mol. The van der Waals surface area contributed by atoms with Gasteiger partial charge in [-0.1, -0.05) is 29.4 Å². The zero-order valence-electron chi connectivity index (χ0n) is 11.3. The normalized spacial score (nSPS) is 10.5. The Kier molecular flexibility index (Phi) is 3.88. The van der Waals surface area contributed by atoms with Crippen LogP contribution >= 0.6 is 0 Å². The van der Waals surface area contributed by atoms with E-state index in [0.717, 1.165) is 11.3 Å². The van der Waals surface area contributed by atoms with E-state index in [1.807, 2.05) is 36.4 Å². The fourth-order valence-corrected chi connectivity index (χ4v) is 1.75. The van der Waals surface area contributed by atoms with Gasteiger partial charge >= 0.3 is 0 Å². The van der Waals surface area contributed by atoms with Crippen LogP contribution in [0.2, 0.25) is 0 Å². The predicted molar refractivity (Wildman–Crippen MR) is 76.2 cm³/mol. The summed E-state index contributed by atoms with van der Waals surface area (Å²) in [5.74, 6) is 1.60. The standard InChI is InChI=1S/C15H14N4O2/c16-8-11-6-7-13(17-9-11)15-18-14(19-21-15)10-20-12-4-2-1-3-5-12/h1-7,9H,8,10,16H2. The van der Waals surface area contributed by atoms with Crippen LogP contribution in [0.5, 0.6) is 5.75 Å². The van der Waals surface area contributed by atoms with Crippen LogP contribution in [-0.2, 0) is 13.2 Å². The molecule has 1 aromatic carbocycles. The Balaban J connectivity index is 1.68. The lowest BCUT2D eigenvalue weighted by Gasteiger charge is -2.01. The van der Waals surface area contributed by atoms with Crippen molar-refractivity contribution in [2.24, 2.45) is 5.73 Å². The van der Waals surface area contributed by atoms with E-state index in [1.54, 1.807) is 12.3 Å². The summed E-state index contributed by atoms with van der Waals surface area (Å²) >= 11 is 0. The van der Waals surface area contributed by atoms with Gasteiger partial charge in [0.25, 0.3) is 5.89 Å². The number of rotatable bonds is 5. The first-order valence-corrected chi connectivity index (χ1v) is 6.51. The van der Waals surface area contributed by atoms with E-state index >= 15 is 0 Å². The van der Waals surface area contributed by atoms with Gasteiger partial charge in [-0.2, -0.15) is 4.98 Å². The third-order valence-electron chi connectivity index (χ3n) is 2.86. The molecule has 0 amide bonds. The van der Waals surface area contributed by atoms with Crippen molar-refractivity contribution in [1.82, 2.24) is 15.1 Å². The van der Waals surface area contributed by atoms with Gasteiger partial charge in [0.2, 0.25) is 5.82 Å². The van der Waals surface area contributed by atoms with Crippen molar-refractivity contribution in [2.75, 3.05) is 0 Å². The Hall–Kier alpha value is -2.73. The third-order valence-corrected chi connectivity index (χ3v) is 2.86. The number of aromatic nitrogens is 3. The predicted octanol–water partition coefficient (Wildman–Crippen LogP) is 2.17. The maximum absolute atomic E-state index is 5.56. The Bertz CT molecular complexity index is 695. The molecule has 3 aromatic rings. The molecule has 0 aliphatic carbocycles. The molecule has 0 saturated heterocycles. The highest BCUT2D eigenvalue weighted by Gasteiger charge is 2.10. The monoisotopic (exact) mass is 282 g/mol. The second kappa shape index (κ2) is 6.15. The largest absolute Gasteiger partial charge is 0.485 e. The van der Waals surface area contributed by atoms with Crippen LogP contribution in [-0.4, -0.2) is 15.1 Å². The van der Waals surface area contributed by atoms with Crippen LogP contribution in [0.1, 0.15) is 11.4 Å². The van der Waals surface area contributed by atoms with E-state index in [-0.39, 0.29) is 6.61 Å². The summed E-state index contributed by atoms with van der Waals surface area (Å²) in [5, 5.41) is 3.87. The van der Waals surface area contributed by atoms with Gasteiger partial charge < -0.3 is 15.0 Å². The third kappa shape index (κ3) is 3.24. The molecular formula is C15H14N4O2. The molecule has 0 saturated carbocycles. The van der Waals surface area contributed by atoms with Crippen molar-refractivity contribution in [3.8, 4) is 17.3 Å². The van der Waals surface area contributed by atoms with Gasteiger partial charge in [0.05, 0.1) is 0 Å². The Labute approximate surface area is 121 Å². The number of hydrogen-bond donors (Lipinski definition) is 1. The molecule has 21 heavy (non-hydrogen) atoms. The first-order valence-electron chi connectivity index (χ1n) is 6.51. The van der Waals surface area contributed by atoms with E-state index in [2.05, 4.69) is 15.1 Å².